The molecule has 3 aromatic carbocycles. The molecule has 0 saturated heterocycles. The van der Waals surface area contributed by atoms with Gasteiger partial charge in [0.2, 0.25) is 0 Å². The number of carboxylic acids is 1. The van der Waals surface area contributed by atoms with E-state index in [4.69, 9.17) is 16.7 Å². The van der Waals surface area contributed by atoms with Crippen LogP contribution in [0.4, 0.5) is 28.9 Å². The zero-order chi connectivity index (χ0) is 28.4. The molecular formula is C25H21ClF4N2O5S. The number of fused-ring (bicyclic) bond motifs is 1. The highest BCUT2D eigenvalue weighted by atomic mass is 35.5. The SMILES string of the molecule is C[C@@H](c1ccc(-c2ccc(F)c(C(=O)O)c2)cc1Cl)[C@](O)(c1ccc2c(c1)N(C)S(=O)(=O)N2C)C(F)(F)F. The lowest BCUT2D eigenvalue weighted by molar-refractivity contribution is -0.274. The highest BCUT2D eigenvalue weighted by Crippen LogP contribution is 2.52. The van der Waals surface area contributed by atoms with E-state index in [9.17, 15) is 35.9 Å². The second-order valence-electron chi connectivity index (χ2n) is 8.87. The number of hydrogen-bond acceptors (Lipinski definition) is 4. The van der Waals surface area contributed by atoms with E-state index in [1.807, 2.05) is 0 Å². The molecule has 0 saturated carbocycles. The standard InChI is InChI=1S/C25H21ClF4N2O5S/c1-13(17-7-4-15(11-19(17)26)14-5-8-20(27)18(10-14)23(33)34)24(35,25(28,29)30)16-6-9-21-22(12-16)32(3)38(36,37)31(21)2/h4-13,35H,1-3H3,(H,33,34)/t13-,24-/m0/s1. The maximum absolute atomic E-state index is 14.5. The van der Waals surface area contributed by atoms with Crippen molar-refractivity contribution in [3.8, 4) is 11.1 Å². The lowest BCUT2D eigenvalue weighted by Crippen LogP contribution is -2.46. The summed E-state index contributed by atoms with van der Waals surface area (Å²) in [6, 6.07) is 10.5. The first-order chi connectivity index (χ1) is 17.5. The zero-order valence-electron chi connectivity index (χ0n) is 20.1. The first-order valence-corrected chi connectivity index (χ1v) is 12.8. The number of benzene rings is 3. The van der Waals surface area contributed by atoms with Crippen molar-refractivity contribution in [2.75, 3.05) is 22.7 Å². The number of nitrogens with zero attached hydrogens (tertiary/aromatic N) is 2. The predicted octanol–water partition coefficient (Wildman–Crippen LogP) is 5.53. The summed E-state index contributed by atoms with van der Waals surface area (Å²) in [5.74, 6) is -4.10. The molecule has 1 aliphatic heterocycles. The van der Waals surface area contributed by atoms with E-state index in [0.717, 1.165) is 39.8 Å². The Morgan fingerprint density at radius 3 is 2.11 bits per heavy atom. The number of aliphatic hydroxyl groups is 1. The van der Waals surface area contributed by atoms with Crippen LogP contribution in [0.15, 0.2) is 54.6 Å². The average molecular weight is 573 g/mol. The van der Waals surface area contributed by atoms with Gasteiger partial charge in [0.25, 0.3) is 0 Å². The normalized spacial score (nSPS) is 17.2. The van der Waals surface area contributed by atoms with E-state index in [1.165, 1.54) is 44.4 Å². The number of rotatable bonds is 5. The van der Waals surface area contributed by atoms with Crippen LogP contribution >= 0.6 is 11.6 Å². The van der Waals surface area contributed by atoms with Crippen LogP contribution in [-0.4, -0.2) is 44.9 Å². The largest absolute Gasteiger partial charge is 0.478 e. The Hall–Kier alpha value is -3.35. The molecule has 0 aromatic heterocycles. The van der Waals surface area contributed by atoms with Gasteiger partial charge < -0.3 is 10.2 Å². The molecule has 0 spiro atoms. The van der Waals surface area contributed by atoms with E-state index in [2.05, 4.69) is 0 Å². The number of alkyl halides is 3. The fraction of sp³-hybridized carbons (Fsp3) is 0.240. The molecule has 1 aliphatic rings. The number of hydrogen-bond donors (Lipinski definition) is 2. The van der Waals surface area contributed by atoms with Gasteiger partial charge in [-0.2, -0.15) is 21.6 Å². The van der Waals surface area contributed by atoms with E-state index < -0.39 is 50.8 Å². The van der Waals surface area contributed by atoms with Gasteiger partial charge in [-0.3, -0.25) is 8.61 Å². The third-order valence-electron chi connectivity index (χ3n) is 6.84. The number of carboxylic acid groups (broad SMARTS) is 1. The van der Waals surface area contributed by atoms with Crippen molar-refractivity contribution in [1.29, 1.82) is 0 Å². The van der Waals surface area contributed by atoms with Crippen LogP contribution < -0.4 is 8.61 Å². The fourth-order valence-corrected chi connectivity index (χ4v) is 6.03. The van der Waals surface area contributed by atoms with Crippen LogP contribution in [0.2, 0.25) is 5.02 Å². The van der Waals surface area contributed by atoms with E-state index in [1.54, 1.807) is 0 Å². The van der Waals surface area contributed by atoms with Gasteiger partial charge in [-0.05, 0) is 52.6 Å². The van der Waals surface area contributed by atoms with Gasteiger partial charge in [0, 0.05) is 25.0 Å². The van der Waals surface area contributed by atoms with Crippen LogP contribution in [0.3, 0.4) is 0 Å². The van der Waals surface area contributed by atoms with Crippen molar-refractivity contribution in [3.05, 3.63) is 82.1 Å². The Morgan fingerprint density at radius 1 is 0.947 bits per heavy atom. The molecule has 0 fully saturated rings. The summed E-state index contributed by atoms with van der Waals surface area (Å²) in [4.78, 5) is 11.3. The summed E-state index contributed by atoms with van der Waals surface area (Å²) in [5.41, 5.74) is -4.02. The minimum absolute atomic E-state index is 0.0353. The zero-order valence-corrected chi connectivity index (χ0v) is 21.7. The number of carbonyl (C=O) groups is 1. The van der Waals surface area contributed by atoms with Gasteiger partial charge in [0.15, 0.2) is 5.60 Å². The Morgan fingerprint density at radius 2 is 1.53 bits per heavy atom. The third-order valence-corrected chi connectivity index (χ3v) is 8.95. The Balaban J connectivity index is 1.80. The average Bonchev–Trinajstić information content (AvgIpc) is 3.02. The first-order valence-electron chi connectivity index (χ1n) is 11.0. The molecule has 2 N–H and O–H groups in total. The lowest BCUT2D eigenvalue weighted by atomic mass is 9.77. The summed E-state index contributed by atoms with van der Waals surface area (Å²) in [6.45, 7) is 1.13. The second-order valence-corrected chi connectivity index (χ2v) is 11.3. The highest BCUT2D eigenvalue weighted by Gasteiger charge is 2.59. The second kappa shape index (κ2) is 9.14. The first kappa shape index (κ1) is 27.7. The minimum Gasteiger partial charge on any atom is -0.478 e. The fourth-order valence-electron chi connectivity index (χ4n) is 4.52. The smallest absolute Gasteiger partial charge is 0.422 e. The molecular weight excluding hydrogens is 552 g/mol. The Labute approximate surface area is 220 Å². The molecule has 2 atom stereocenters. The highest BCUT2D eigenvalue weighted by molar-refractivity contribution is 7.94. The van der Waals surface area contributed by atoms with E-state index >= 15 is 0 Å². The summed E-state index contributed by atoms with van der Waals surface area (Å²) in [5, 5.41) is 20.2. The van der Waals surface area contributed by atoms with Crippen molar-refractivity contribution < 1.29 is 41.0 Å². The molecule has 38 heavy (non-hydrogen) atoms. The van der Waals surface area contributed by atoms with Gasteiger partial charge >= 0.3 is 22.4 Å². The van der Waals surface area contributed by atoms with Crippen molar-refractivity contribution in [3.63, 3.8) is 0 Å². The molecule has 4 rings (SSSR count). The van der Waals surface area contributed by atoms with Gasteiger partial charge in [0.05, 0.1) is 16.9 Å². The number of halogens is 5. The molecule has 1 heterocycles. The van der Waals surface area contributed by atoms with Crippen LogP contribution in [0, 0.1) is 5.82 Å². The molecule has 13 heteroatoms. The van der Waals surface area contributed by atoms with Gasteiger partial charge in [-0.1, -0.05) is 42.8 Å². The predicted molar refractivity (Wildman–Crippen MR) is 134 cm³/mol. The molecule has 0 aliphatic carbocycles. The summed E-state index contributed by atoms with van der Waals surface area (Å²) >= 11 is 6.36. The summed E-state index contributed by atoms with van der Waals surface area (Å²) in [6.07, 6.45) is -5.20. The van der Waals surface area contributed by atoms with Gasteiger partial charge in [-0.25, -0.2) is 9.18 Å². The lowest BCUT2D eigenvalue weighted by Gasteiger charge is -2.37. The molecule has 7 nitrogen and oxygen atoms in total. The van der Waals surface area contributed by atoms with Crippen LogP contribution in [-0.2, 0) is 15.8 Å². The third kappa shape index (κ3) is 4.16. The monoisotopic (exact) mass is 572 g/mol. The minimum atomic E-state index is -5.20. The van der Waals surface area contributed by atoms with E-state index in [-0.39, 0.29) is 27.5 Å². The van der Waals surface area contributed by atoms with Crippen LogP contribution in [0.25, 0.3) is 11.1 Å². The Bertz CT molecular complexity index is 1560. The molecule has 0 bridgehead atoms. The molecule has 0 unspecified atom stereocenters. The molecule has 3 aromatic rings. The molecule has 0 amide bonds. The van der Waals surface area contributed by atoms with Crippen molar-refractivity contribution >= 4 is 39.2 Å². The summed E-state index contributed by atoms with van der Waals surface area (Å²) in [7, 11) is -1.51. The summed E-state index contributed by atoms with van der Waals surface area (Å²) < 4.78 is 83.9. The van der Waals surface area contributed by atoms with Crippen LogP contribution in [0.1, 0.15) is 34.3 Å². The maximum atomic E-state index is 14.5. The van der Waals surface area contributed by atoms with Crippen LogP contribution in [0.5, 0.6) is 0 Å². The topological polar surface area (TPSA) is 98.1 Å². The van der Waals surface area contributed by atoms with Crippen molar-refractivity contribution in [1.82, 2.24) is 0 Å². The number of aromatic carboxylic acids is 1. The van der Waals surface area contributed by atoms with Crippen molar-refractivity contribution in [2.24, 2.45) is 0 Å². The van der Waals surface area contributed by atoms with Gasteiger partial charge in [0.1, 0.15) is 5.82 Å². The maximum Gasteiger partial charge on any atom is 0.422 e. The Kier molecular flexibility index (Phi) is 6.66. The van der Waals surface area contributed by atoms with Gasteiger partial charge in [-0.15, -0.1) is 0 Å². The quantitative estimate of drug-likeness (QED) is 0.392. The molecule has 202 valence electrons. The van der Waals surface area contributed by atoms with Crippen molar-refractivity contribution in [2.45, 2.75) is 24.6 Å². The molecule has 0 radical (unpaired) electrons. The number of anilines is 2. The van der Waals surface area contributed by atoms with E-state index in [0.29, 0.717) is 5.56 Å².